The highest BCUT2D eigenvalue weighted by Gasteiger charge is 2.16. The molecule has 0 spiro atoms. The third-order valence-electron chi connectivity index (χ3n) is 4.05. The largest absolute Gasteiger partial charge is 0.357 e. The summed E-state index contributed by atoms with van der Waals surface area (Å²) in [5.41, 5.74) is 0.705. The molecule has 0 radical (unpaired) electrons. The Balaban J connectivity index is 0.00000225. The molecule has 3 rings (SSSR count). The van der Waals surface area contributed by atoms with Crippen LogP contribution in [-0.2, 0) is 25.9 Å². The van der Waals surface area contributed by atoms with Crippen molar-refractivity contribution >= 4 is 29.9 Å². The molecule has 1 aromatic heterocycles. The molecular formula is C17H24FIN6. The summed E-state index contributed by atoms with van der Waals surface area (Å²) in [4.78, 5) is 4.56. The number of guanidine groups is 1. The van der Waals surface area contributed by atoms with E-state index in [0.29, 0.717) is 31.0 Å². The Morgan fingerprint density at radius 2 is 2.12 bits per heavy atom. The number of rotatable bonds is 6. The first-order valence-electron chi connectivity index (χ1n) is 8.44. The van der Waals surface area contributed by atoms with Gasteiger partial charge >= 0.3 is 0 Å². The van der Waals surface area contributed by atoms with Crippen molar-refractivity contribution in [3.05, 3.63) is 47.3 Å². The molecule has 0 bridgehead atoms. The molecule has 1 aliphatic rings. The summed E-state index contributed by atoms with van der Waals surface area (Å²) < 4.78 is 15.8. The van der Waals surface area contributed by atoms with E-state index in [-0.39, 0.29) is 29.8 Å². The number of fused-ring (bicyclic) bond motifs is 1. The minimum Gasteiger partial charge on any atom is -0.357 e. The van der Waals surface area contributed by atoms with Gasteiger partial charge in [0.2, 0.25) is 0 Å². The van der Waals surface area contributed by atoms with Crippen LogP contribution >= 0.6 is 24.0 Å². The molecular weight excluding hydrogens is 434 g/mol. The number of aryl methyl sites for hydroxylation is 1. The zero-order valence-corrected chi connectivity index (χ0v) is 16.7. The Labute approximate surface area is 164 Å². The van der Waals surface area contributed by atoms with Gasteiger partial charge < -0.3 is 15.2 Å². The van der Waals surface area contributed by atoms with Crippen molar-refractivity contribution in [2.75, 3.05) is 13.1 Å². The second-order valence-corrected chi connectivity index (χ2v) is 5.75. The summed E-state index contributed by atoms with van der Waals surface area (Å²) in [6, 6.07) is 6.85. The molecule has 0 fully saturated rings. The minimum atomic E-state index is -0.166. The number of nitrogens with zero attached hydrogens (tertiary/aromatic N) is 4. The first-order valence-corrected chi connectivity index (χ1v) is 8.44. The van der Waals surface area contributed by atoms with E-state index < -0.39 is 0 Å². The third kappa shape index (κ3) is 5.13. The zero-order valence-electron chi connectivity index (χ0n) is 14.3. The van der Waals surface area contributed by atoms with Gasteiger partial charge in [0.25, 0.3) is 0 Å². The monoisotopic (exact) mass is 458 g/mol. The fraction of sp³-hybridized carbons (Fsp3) is 0.471. The summed E-state index contributed by atoms with van der Waals surface area (Å²) in [7, 11) is 0. The molecule has 0 saturated carbocycles. The Morgan fingerprint density at radius 1 is 1.28 bits per heavy atom. The van der Waals surface area contributed by atoms with Crippen LogP contribution in [0.2, 0.25) is 0 Å². The minimum absolute atomic E-state index is 0. The van der Waals surface area contributed by atoms with Gasteiger partial charge in [-0.15, -0.1) is 34.2 Å². The summed E-state index contributed by atoms with van der Waals surface area (Å²) in [5, 5.41) is 14.8. The highest BCUT2D eigenvalue weighted by molar-refractivity contribution is 14.0. The highest BCUT2D eigenvalue weighted by Crippen LogP contribution is 2.14. The molecule has 136 valence electrons. The average molecular weight is 458 g/mol. The van der Waals surface area contributed by atoms with Crippen LogP contribution in [0.3, 0.4) is 0 Å². The number of hydrogen-bond donors (Lipinski definition) is 2. The number of aromatic nitrogens is 3. The third-order valence-corrected chi connectivity index (χ3v) is 4.05. The lowest BCUT2D eigenvalue weighted by atomic mass is 10.1. The molecule has 0 saturated heterocycles. The maximum atomic E-state index is 13.6. The normalized spacial score (nSPS) is 13.3. The Kier molecular flexibility index (Phi) is 7.60. The zero-order chi connectivity index (χ0) is 16.8. The Morgan fingerprint density at radius 3 is 2.92 bits per heavy atom. The van der Waals surface area contributed by atoms with E-state index in [1.165, 1.54) is 6.07 Å². The molecule has 1 aliphatic heterocycles. The maximum Gasteiger partial charge on any atom is 0.191 e. The Bertz CT molecular complexity index is 715. The van der Waals surface area contributed by atoms with Crippen LogP contribution in [0.15, 0.2) is 29.3 Å². The highest BCUT2D eigenvalue weighted by atomic mass is 127. The van der Waals surface area contributed by atoms with Crippen LogP contribution in [0.1, 0.15) is 30.6 Å². The van der Waals surface area contributed by atoms with Crippen molar-refractivity contribution in [1.29, 1.82) is 0 Å². The van der Waals surface area contributed by atoms with Crippen molar-refractivity contribution in [3.8, 4) is 0 Å². The van der Waals surface area contributed by atoms with Gasteiger partial charge in [-0.05, 0) is 31.4 Å². The molecule has 2 N–H and O–H groups in total. The topological polar surface area (TPSA) is 67.1 Å². The van der Waals surface area contributed by atoms with Crippen molar-refractivity contribution in [1.82, 2.24) is 25.4 Å². The van der Waals surface area contributed by atoms with Crippen LogP contribution in [0.5, 0.6) is 0 Å². The van der Waals surface area contributed by atoms with Gasteiger partial charge in [0.15, 0.2) is 11.8 Å². The van der Waals surface area contributed by atoms with E-state index in [1.807, 2.05) is 13.0 Å². The van der Waals surface area contributed by atoms with Crippen molar-refractivity contribution in [2.24, 2.45) is 4.99 Å². The SMILES string of the molecule is CCNC(=NCc1nnc2n1CCC2)NCCc1ccccc1F.I. The van der Waals surface area contributed by atoms with Crippen LogP contribution in [-0.4, -0.2) is 33.8 Å². The van der Waals surface area contributed by atoms with Crippen LogP contribution in [0, 0.1) is 5.82 Å². The summed E-state index contributed by atoms with van der Waals surface area (Å²) in [5.74, 6) is 2.50. The second-order valence-electron chi connectivity index (χ2n) is 5.75. The number of nitrogens with one attached hydrogen (secondary N) is 2. The summed E-state index contributed by atoms with van der Waals surface area (Å²) in [6.45, 7) is 4.86. The van der Waals surface area contributed by atoms with Gasteiger partial charge in [0.1, 0.15) is 18.2 Å². The van der Waals surface area contributed by atoms with Crippen LogP contribution in [0.4, 0.5) is 4.39 Å². The molecule has 25 heavy (non-hydrogen) atoms. The van der Waals surface area contributed by atoms with Crippen molar-refractivity contribution in [3.63, 3.8) is 0 Å². The lowest BCUT2D eigenvalue weighted by Gasteiger charge is -2.11. The van der Waals surface area contributed by atoms with Gasteiger partial charge in [0.05, 0.1) is 0 Å². The molecule has 8 heteroatoms. The standard InChI is InChI=1S/C17H23FN6.HI/c1-2-19-17(20-10-9-13-6-3-4-7-14(13)18)21-12-16-23-22-15-8-5-11-24(15)16;/h3-4,6-7H,2,5,8-12H2,1H3,(H2,19,20,21);1H. The van der Waals surface area contributed by atoms with E-state index in [9.17, 15) is 4.39 Å². The van der Waals surface area contributed by atoms with Gasteiger partial charge in [-0.1, -0.05) is 18.2 Å². The summed E-state index contributed by atoms with van der Waals surface area (Å²) >= 11 is 0. The molecule has 0 aliphatic carbocycles. The van der Waals surface area contributed by atoms with E-state index in [2.05, 4.69) is 30.4 Å². The van der Waals surface area contributed by atoms with Gasteiger partial charge in [-0.2, -0.15) is 0 Å². The molecule has 0 amide bonds. The van der Waals surface area contributed by atoms with Crippen LogP contribution < -0.4 is 10.6 Å². The smallest absolute Gasteiger partial charge is 0.191 e. The number of hydrogen-bond acceptors (Lipinski definition) is 3. The predicted molar refractivity (Wildman–Crippen MR) is 107 cm³/mol. The Hall–Kier alpha value is -1.71. The van der Waals surface area contributed by atoms with Crippen LogP contribution in [0.25, 0.3) is 0 Å². The number of halogens is 2. The van der Waals surface area contributed by atoms with Gasteiger partial charge in [0, 0.05) is 26.1 Å². The number of benzene rings is 1. The fourth-order valence-corrected chi connectivity index (χ4v) is 2.84. The van der Waals surface area contributed by atoms with Crippen molar-refractivity contribution in [2.45, 2.75) is 39.3 Å². The fourth-order valence-electron chi connectivity index (χ4n) is 2.84. The van der Waals surface area contributed by atoms with E-state index in [0.717, 1.165) is 37.6 Å². The average Bonchev–Trinajstić information content (AvgIpc) is 3.18. The second kappa shape index (κ2) is 9.69. The lowest BCUT2D eigenvalue weighted by molar-refractivity contribution is 0.606. The quantitative estimate of drug-likeness (QED) is 0.396. The molecule has 6 nitrogen and oxygen atoms in total. The maximum absolute atomic E-state index is 13.6. The molecule has 0 atom stereocenters. The van der Waals surface area contributed by atoms with E-state index in [4.69, 9.17) is 0 Å². The molecule has 2 aromatic rings. The first kappa shape index (κ1) is 19.6. The van der Waals surface area contributed by atoms with Gasteiger partial charge in [-0.3, -0.25) is 0 Å². The summed E-state index contributed by atoms with van der Waals surface area (Å²) in [6.07, 6.45) is 2.73. The van der Waals surface area contributed by atoms with E-state index in [1.54, 1.807) is 12.1 Å². The molecule has 0 unspecified atom stereocenters. The molecule has 2 heterocycles. The lowest BCUT2D eigenvalue weighted by Crippen LogP contribution is -2.38. The predicted octanol–water partition coefficient (Wildman–Crippen LogP) is 2.28. The first-order chi connectivity index (χ1) is 11.8. The van der Waals surface area contributed by atoms with Gasteiger partial charge in [-0.25, -0.2) is 9.38 Å². The van der Waals surface area contributed by atoms with Crippen molar-refractivity contribution < 1.29 is 4.39 Å². The van der Waals surface area contributed by atoms with E-state index >= 15 is 0 Å². The molecule has 1 aromatic carbocycles. The number of aliphatic imine (C=N–C) groups is 1.